The minimum absolute atomic E-state index is 0.214. The van der Waals surface area contributed by atoms with Gasteiger partial charge in [-0.2, -0.15) is 0 Å². The molecule has 1 aromatic heterocycles. The Morgan fingerprint density at radius 2 is 2.10 bits per heavy atom. The molecule has 0 saturated heterocycles. The van der Waals surface area contributed by atoms with Crippen molar-refractivity contribution in [2.75, 3.05) is 12.3 Å². The molecule has 2 aromatic rings. The van der Waals surface area contributed by atoms with E-state index in [-0.39, 0.29) is 4.90 Å². The Morgan fingerprint density at radius 3 is 2.71 bits per heavy atom. The number of nitrogens with two attached hydrogens (primary N) is 1. The van der Waals surface area contributed by atoms with Gasteiger partial charge in [0.2, 0.25) is 10.0 Å². The Bertz CT molecular complexity index is 686. The molecular weight excluding hydrogens is 288 g/mol. The number of nitrogens with one attached hydrogen (secondary N) is 1. The van der Waals surface area contributed by atoms with E-state index < -0.39 is 10.0 Å². The van der Waals surface area contributed by atoms with Crippen molar-refractivity contribution < 1.29 is 8.42 Å². The van der Waals surface area contributed by atoms with Gasteiger partial charge in [0.25, 0.3) is 0 Å². The Hall–Kier alpha value is -1.86. The topological polar surface area (TPSA) is 90.0 Å². The van der Waals surface area contributed by atoms with Crippen molar-refractivity contribution in [1.29, 1.82) is 0 Å². The smallest absolute Gasteiger partial charge is 0.240 e. The monoisotopic (exact) mass is 308 g/mol. The van der Waals surface area contributed by atoms with E-state index in [9.17, 15) is 8.42 Å². The first-order valence-corrected chi connectivity index (χ1v) is 8.20. The summed E-state index contributed by atoms with van der Waals surface area (Å²) < 4.78 is 28.9. The maximum absolute atomic E-state index is 12.2. The zero-order valence-corrected chi connectivity index (χ0v) is 13.0. The zero-order chi connectivity index (χ0) is 15.5. The maximum Gasteiger partial charge on any atom is 0.240 e. The number of hydrogen-bond acceptors (Lipinski definition) is 4. The first kappa shape index (κ1) is 15.5. The summed E-state index contributed by atoms with van der Waals surface area (Å²) >= 11 is 0. The molecule has 0 aliphatic rings. The molecule has 1 heterocycles. The molecule has 7 heteroatoms. The van der Waals surface area contributed by atoms with Gasteiger partial charge < -0.3 is 10.3 Å². The van der Waals surface area contributed by atoms with Crippen LogP contribution in [-0.4, -0.2) is 24.5 Å². The lowest BCUT2D eigenvalue weighted by Gasteiger charge is -2.11. The summed E-state index contributed by atoms with van der Waals surface area (Å²) in [6.45, 7) is 4.81. The van der Waals surface area contributed by atoms with Gasteiger partial charge in [0.05, 0.1) is 11.2 Å². The third-order valence-electron chi connectivity index (χ3n) is 3.44. The number of aryl methyl sites for hydroxylation is 2. The molecule has 0 radical (unpaired) electrons. The van der Waals surface area contributed by atoms with Gasteiger partial charge in [-0.05, 0) is 43.5 Å². The van der Waals surface area contributed by atoms with E-state index in [2.05, 4.69) is 9.71 Å². The average Bonchev–Trinajstić information content (AvgIpc) is 2.93. The summed E-state index contributed by atoms with van der Waals surface area (Å²) in [4.78, 5) is 4.15. The van der Waals surface area contributed by atoms with Gasteiger partial charge in [-0.1, -0.05) is 0 Å². The third-order valence-corrected chi connectivity index (χ3v) is 4.88. The number of benzene rings is 1. The largest absolute Gasteiger partial charge is 0.398 e. The molecule has 21 heavy (non-hydrogen) atoms. The number of imidazole rings is 1. The van der Waals surface area contributed by atoms with Gasteiger partial charge >= 0.3 is 0 Å². The van der Waals surface area contributed by atoms with Crippen LogP contribution in [0.25, 0.3) is 0 Å². The summed E-state index contributed by atoms with van der Waals surface area (Å²) in [6, 6.07) is 3.14. The van der Waals surface area contributed by atoms with Crippen molar-refractivity contribution in [2.45, 2.75) is 31.7 Å². The average molecular weight is 308 g/mol. The number of hydrogen-bond donors (Lipinski definition) is 2. The minimum Gasteiger partial charge on any atom is -0.398 e. The molecule has 2 rings (SSSR count). The quantitative estimate of drug-likeness (QED) is 0.624. The molecule has 0 bridgehead atoms. The third kappa shape index (κ3) is 3.83. The van der Waals surface area contributed by atoms with Crippen molar-refractivity contribution in [3.05, 3.63) is 42.0 Å². The van der Waals surface area contributed by atoms with Crippen LogP contribution in [0.4, 0.5) is 5.69 Å². The molecule has 114 valence electrons. The van der Waals surface area contributed by atoms with Crippen LogP contribution in [-0.2, 0) is 16.6 Å². The Morgan fingerprint density at radius 1 is 1.33 bits per heavy atom. The molecule has 0 saturated carbocycles. The van der Waals surface area contributed by atoms with E-state index in [1.54, 1.807) is 18.6 Å². The number of nitrogen functional groups attached to an aromatic ring is 1. The molecule has 0 aliphatic heterocycles. The molecule has 6 nitrogen and oxygen atoms in total. The molecular formula is C14H20N4O2S. The first-order valence-electron chi connectivity index (χ1n) is 6.72. The Balaban J connectivity index is 1.98. The van der Waals surface area contributed by atoms with Gasteiger partial charge in [0.1, 0.15) is 0 Å². The summed E-state index contributed by atoms with van der Waals surface area (Å²) in [7, 11) is -3.52. The normalized spacial score (nSPS) is 11.7. The Kier molecular flexibility index (Phi) is 4.64. The van der Waals surface area contributed by atoms with E-state index in [0.29, 0.717) is 18.7 Å². The second-order valence-corrected chi connectivity index (χ2v) is 6.77. The lowest BCUT2D eigenvalue weighted by atomic mass is 10.1. The van der Waals surface area contributed by atoms with Crippen molar-refractivity contribution in [3.63, 3.8) is 0 Å². The van der Waals surface area contributed by atoms with Crippen LogP contribution in [0.15, 0.2) is 35.7 Å². The highest BCUT2D eigenvalue weighted by molar-refractivity contribution is 7.89. The first-order chi connectivity index (χ1) is 9.90. The van der Waals surface area contributed by atoms with Gasteiger partial charge in [-0.25, -0.2) is 18.1 Å². The van der Waals surface area contributed by atoms with Gasteiger partial charge in [0, 0.05) is 31.2 Å². The van der Waals surface area contributed by atoms with Crippen LogP contribution in [0.3, 0.4) is 0 Å². The van der Waals surface area contributed by atoms with Gasteiger partial charge in [-0.15, -0.1) is 0 Å². The van der Waals surface area contributed by atoms with Crippen molar-refractivity contribution in [2.24, 2.45) is 0 Å². The van der Waals surface area contributed by atoms with E-state index in [4.69, 9.17) is 5.73 Å². The SMILES string of the molecule is Cc1cc(S(=O)(=O)NCCCn2ccnc2)cc(N)c1C. The standard InChI is InChI=1S/C14H20N4O2S/c1-11-8-13(9-14(15)12(11)2)21(19,20)17-4-3-6-18-7-5-16-10-18/h5,7-10,17H,3-4,6,15H2,1-2H3. The molecule has 0 atom stereocenters. The lowest BCUT2D eigenvalue weighted by Crippen LogP contribution is -2.25. The fraction of sp³-hybridized carbons (Fsp3) is 0.357. The molecule has 1 aromatic carbocycles. The maximum atomic E-state index is 12.2. The van der Waals surface area contributed by atoms with E-state index in [1.165, 1.54) is 6.07 Å². The van der Waals surface area contributed by atoms with E-state index in [1.807, 2.05) is 24.6 Å². The van der Waals surface area contributed by atoms with Gasteiger partial charge in [-0.3, -0.25) is 0 Å². The summed E-state index contributed by atoms with van der Waals surface area (Å²) in [5.41, 5.74) is 8.11. The summed E-state index contributed by atoms with van der Waals surface area (Å²) in [5.74, 6) is 0. The van der Waals surface area contributed by atoms with Crippen molar-refractivity contribution >= 4 is 15.7 Å². The molecule has 0 aliphatic carbocycles. The van der Waals surface area contributed by atoms with Crippen molar-refractivity contribution in [3.8, 4) is 0 Å². The number of aromatic nitrogens is 2. The van der Waals surface area contributed by atoms with Crippen LogP contribution in [0.2, 0.25) is 0 Å². The van der Waals surface area contributed by atoms with E-state index >= 15 is 0 Å². The summed E-state index contributed by atoms with van der Waals surface area (Å²) in [5, 5.41) is 0. The molecule has 0 amide bonds. The van der Waals surface area contributed by atoms with Crippen LogP contribution in [0.1, 0.15) is 17.5 Å². The minimum atomic E-state index is -3.52. The molecule has 3 N–H and O–H groups in total. The van der Waals surface area contributed by atoms with Crippen LogP contribution in [0.5, 0.6) is 0 Å². The second-order valence-electron chi connectivity index (χ2n) is 5.01. The summed E-state index contributed by atoms with van der Waals surface area (Å²) in [6.07, 6.45) is 5.94. The number of sulfonamides is 1. The van der Waals surface area contributed by atoms with Crippen molar-refractivity contribution in [1.82, 2.24) is 14.3 Å². The number of rotatable bonds is 6. The van der Waals surface area contributed by atoms with Crippen LogP contribution >= 0.6 is 0 Å². The predicted molar refractivity (Wildman–Crippen MR) is 82.4 cm³/mol. The van der Waals surface area contributed by atoms with E-state index in [0.717, 1.165) is 17.7 Å². The fourth-order valence-electron chi connectivity index (χ4n) is 1.98. The molecule has 0 fully saturated rings. The highest BCUT2D eigenvalue weighted by Gasteiger charge is 2.15. The second kappa shape index (κ2) is 6.28. The molecule has 0 unspecified atom stereocenters. The molecule has 0 spiro atoms. The fourth-order valence-corrected chi connectivity index (χ4v) is 3.17. The highest BCUT2D eigenvalue weighted by atomic mass is 32.2. The number of anilines is 1. The predicted octanol–water partition coefficient (Wildman–Crippen LogP) is 1.45. The lowest BCUT2D eigenvalue weighted by molar-refractivity contribution is 0.569. The van der Waals surface area contributed by atoms with Crippen LogP contribution in [0, 0.1) is 13.8 Å². The van der Waals surface area contributed by atoms with Gasteiger partial charge in [0.15, 0.2) is 0 Å². The Labute approximate surface area is 125 Å². The number of nitrogens with zero attached hydrogens (tertiary/aromatic N) is 2. The highest BCUT2D eigenvalue weighted by Crippen LogP contribution is 2.21. The van der Waals surface area contributed by atoms with Crippen LogP contribution < -0.4 is 10.5 Å². The zero-order valence-electron chi connectivity index (χ0n) is 12.2.